The van der Waals surface area contributed by atoms with Crippen LogP contribution in [0.1, 0.15) is 30.5 Å². The van der Waals surface area contributed by atoms with E-state index in [4.69, 9.17) is 9.47 Å². The van der Waals surface area contributed by atoms with Crippen molar-refractivity contribution in [2.24, 2.45) is 0 Å². The van der Waals surface area contributed by atoms with Crippen LogP contribution in [-0.2, 0) is 5.41 Å². The third kappa shape index (κ3) is 3.69. The minimum absolute atomic E-state index is 0.0589. The third-order valence-electron chi connectivity index (χ3n) is 4.65. The summed E-state index contributed by atoms with van der Waals surface area (Å²) in [5.41, 5.74) is 3.77. The highest BCUT2D eigenvalue weighted by atomic mass is 16.5. The average Bonchev–Trinajstić information content (AvgIpc) is 2.63. The molecule has 0 heterocycles. The molecule has 0 aliphatic rings. The molecule has 3 rings (SSSR count). The van der Waals surface area contributed by atoms with Gasteiger partial charge in [-0.25, -0.2) is 0 Å². The van der Waals surface area contributed by atoms with E-state index in [1.165, 1.54) is 16.7 Å². The van der Waals surface area contributed by atoms with Crippen molar-refractivity contribution in [3.63, 3.8) is 0 Å². The summed E-state index contributed by atoms with van der Waals surface area (Å²) in [6.07, 6.45) is 0. The monoisotopic (exact) mass is 332 g/mol. The first-order valence-electron chi connectivity index (χ1n) is 8.49. The van der Waals surface area contributed by atoms with Crippen molar-refractivity contribution in [2.75, 3.05) is 7.11 Å². The van der Waals surface area contributed by atoms with Gasteiger partial charge in [0, 0.05) is 5.41 Å². The fourth-order valence-corrected chi connectivity index (χ4v) is 2.91. The van der Waals surface area contributed by atoms with Gasteiger partial charge < -0.3 is 9.47 Å². The Labute approximate surface area is 150 Å². The van der Waals surface area contributed by atoms with Gasteiger partial charge in [-0.15, -0.1) is 0 Å². The first-order chi connectivity index (χ1) is 12.0. The van der Waals surface area contributed by atoms with E-state index >= 15 is 0 Å². The normalized spacial score (nSPS) is 11.2. The molecule has 25 heavy (non-hydrogen) atoms. The minimum Gasteiger partial charge on any atom is -0.493 e. The fraction of sp³-hybridized carbons (Fsp3) is 0.217. The van der Waals surface area contributed by atoms with Crippen LogP contribution in [0, 0.1) is 6.92 Å². The zero-order chi connectivity index (χ0) is 17.9. The summed E-state index contributed by atoms with van der Waals surface area (Å²) < 4.78 is 11.3. The van der Waals surface area contributed by atoms with Crippen molar-refractivity contribution >= 4 is 0 Å². The Bertz CT molecular complexity index is 831. The molecule has 2 heteroatoms. The number of rotatable bonds is 5. The van der Waals surface area contributed by atoms with Gasteiger partial charge in [-0.2, -0.15) is 0 Å². The molecule has 3 aromatic rings. The first-order valence-corrected chi connectivity index (χ1v) is 8.49. The molecule has 0 radical (unpaired) electrons. The van der Waals surface area contributed by atoms with Gasteiger partial charge >= 0.3 is 0 Å². The van der Waals surface area contributed by atoms with Crippen molar-refractivity contribution in [1.82, 2.24) is 0 Å². The fourth-order valence-electron chi connectivity index (χ4n) is 2.91. The molecule has 0 aromatic heterocycles. The lowest BCUT2D eigenvalue weighted by atomic mass is 9.78. The largest absolute Gasteiger partial charge is 0.493 e. The van der Waals surface area contributed by atoms with Crippen LogP contribution in [0.25, 0.3) is 0 Å². The molecule has 0 saturated carbocycles. The van der Waals surface area contributed by atoms with Crippen molar-refractivity contribution in [1.29, 1.82) is 0 Å². The second-order valence-corrected chi connectivity index (χ2v) is 6.77. The highest BCUT2D eigenvalue weighted by Crippen LogP contribution is 2.35. The van der Waals surface area contributed by atoms with Gasteiger partial charge in [0.2, 0.25) is 0 Å². The number of hydrogen-bond acceptors (Lipinski definition) is 2. The molecule has 0 spiro atoms. The lowest BCUT2D eigenvalue weighted by molar-refractivity contribution is 0.379. The van der Waals surface area contributed by atoms with Crippen LogP contribution in [0.3, 0.4) is 0 Å². The first kappa shape index (κ1) is 17.1. The van der Waals surface area contributed by atoms with E-state index in [1.54, 1.807) is 7.11 Å². The average molecular weight is 332 g/mol. The van der Waals surface area contributed by atoms with Gasteiger partial charge in [0.1, 0.15) is 5.75 Å². The Morgan fingerprint density at radius 3 is 1.76 bits per heavy atom. The van der Waals surface area contributed by atoms with Gasteiger partial charge in [-0.1, -0.05) is 67.9 Å². The molecule has 0 aliphatic carbocycles. The Morgan fingerprint density at radius 2 is 1.20 bits per heavy atom. The van der Waals surface area contributed by atoms with Crippen LogP contribution < -0.4 is 9.47 Å². The van der Waals surface area contributed by atoms with Gasteiger partial charge in [-0.05, 0) is 42.3 Å². The number of aryl methyl sites for hydroxylation is 1. The van der Waals surface area contributed by atoms with Crippen LogP contribution in [0.4, 0.5) is 0 Å². The lowest BCUT2D eigenvalue weighted by Gasteiger charge is -2.26. The molecular formula is C23H24O2. The van der Waals surface area contributed by atoms with Crippen LogP contribution >= 0.6 is 0 Å². The molecule has 0 atom stereocenters. The van der Waals surface area contributed by atoms with Crippen molar-refractivity contribution < 1.29 is 9.47 Å². The Morgan fingerprint density at radius 1 is 0.680 bits per heavy atom. The van der Waals surface area contributed by atoms with Crippen LogP contribution in [-0.4, -0.2) is 7.11 Å². The summed E-state index contributed by atoms with van der Waals surface area (Å²) in [5, 5.41) is 0. The number of methoxy groups -OCH3 is 1. The molecule has 2 nitrogen and oxygen atoms in total. The van der Waals surface area contributed by atoms with Crippen molar-refractivity contribution in [3.8, 4) is 17.2 Å². The summed E-state index contributed by atoms with van der Waals surface area (Å²) >= 11 is 0. The summed E-state index contributed by atoms with van der Waals surface area (Å²) in [7, 11) is 1.65. The Kier molecular flexibility index (Phi) is 4.80. The van der Waals surface area contributed by atoms with Crippen LogP contribution in [0.15, 0.2) is 72.8 Å². The van der Waals surface area contributed by atoms with E-state index in [0.717, 1.165) is 17.2 Å². The maximum atomic E-state index is 5.96. The summed E-state index contributed by atoms with van der Waals surface area (Å²) in [6.45, 7) is 6.60. The molecule has 0 aliphatic heterocycles. The lowest BCUT2D eigenvalue weighted by Crippen LogP contribution is -2.18. The van der Waals surface area contributed by atoms with Crippen molar-refractivity contribution in [3.05, 3.63) is 89.5 Å². The molecule has 0 bridgehead atoms. The van der Waals surface area contributed by atoms with E-state index in [-0.39, 0.29) is 5.41 Å². The molecule has 128 valence electrons. The predicted octanol–water partition coefficient (Wildman–Crippen LogP) is 6.12. The zero-order valence-corrected chi connectivity index (χ0v) is 15.2. The predicted molar refractivity (Wildman–Crippen MR) is 103 cm³/mol. The second-order valence-electron chi connectivity index (χ2n) is 6.77. The second kappa shape index (κ2) is 7.02. The Hall–Kier alpha value is -2.74. The molecular weight excluding hydrogens is 308 g/mol. The van der Waals surface area contributed by atoms with E-state index in [2.05, 4.69) is 57.2 Å². The smallest absolute Gasteiger partial charge is 0.169 e. The van der Waals surface area contributed by atoms with Gasteiger partial charge in [0.05, 0.1) is 7.11 Å². The number of ether oxygens (including phenoxy) is 2. The highest BCUT2D eigenvalue weighted by molar-refractivity contribution is 5.45. The number of para-hydroxylation sites is 2. The zero-order valence-electron chi connectivity index (χ0n) is 15.2. The molecule has 0 amide bonds. The standard InChI is InChI=1S/C23H24O2/c1-17-9-11-18(12-10-17)23(2,3)19-13-15-20(16-14-19)25-22-8-6-5-7-21(22)24-4/h5-16H,1-4H3. The van der Waals surface area contributed by atoms with Gasteiger partial charge in [0.15, 0.2) is 11.5 Å². The SMILES string of the molecule is COc1ccccc1Oc1ccc(C(C)(C)c2ccc(C)cc2)cc1. The quantitative estimate of drug-likeness (QED) is 0.560. The molecule has 0 saturated heterocycles. The Balaban J connectivity index is 1.83. The molecule has 3 aromatic carbocycles. The van der Waals surface area contributed by atoms with Crippen LogP contribution in [0.2, 0.25) is 0 Å². The molecule has 0 unspecified atom stereocenters. The van der Waals surface area contributed by atoms with Gasteiger partial charge in [-0.3, -0.25) is 0 Å². The summed E-state index contributed by atoms with van der Waals surface area (Å²) in [4.78, 5) is 0. The highest BCUT2D eigenvalue weighted by Gasteiger charge is 2.22. The minimum atomic E-state index is -0.0589. The van der Waals surface area contributed by atoms with E-state index in [1.807, 2.05) is 36.4 Å². The molecule has 0 N–H and O–H groups in total. The number of hydrogen-bond donors (Lipinski definition) is 0. The van der Waals surface area contributed by atoms with Crippen molar-refractivity contribution in [2.45, 2.75) is 26.2 Å². The van der Waals surface area contributed by atoms with E-state index in [0.29, 0.717) is 0 Å². The maximum Gasteiger partial charge on any atom is 0.169 e. The maximum absolute atomic E-state index is 5.96. The van der Waals surface area contributed by atoms with Crippen LogP contribution in [0.5, 0.6) is 17.2 Å². The third-order valence-corrected chi connectivity index (χ3v) is 4.65. The summed E-state index contributed by atoms with van der Waals surface area (Å²) in [5.74, 6) is 2.25. The van der Waals surface area contributed by atoms with Gasteiger partial charge in [0.25, 0.3) is 0 Å². The van der Waals surface area contributed by atoms with E-state index in [9.17, 15) is 0 Å². The summed E-state index contributed by atoms with van der Waals surface area (Å²) in [6, 6.07) is 24.7. The topological polar surface area (TPSA) is 18.5 Å². The molecule has 0 fully saturated rings. The van der Waals surface area contributed by atoms with E-state index < -0.39 is 0 Å². The number of benzene rings is 3.